The minimum Gasteiger partial charge on any atom is -0.464 e. The third kappa shape index (κ3) is 2.61. The van der Waals surface area contributed by atoms with Crippen LogP contribution in [-0.2, 0) is 19.3 Å². The fourth-order valence-corrected chi connectivity index (χ4v) is 1.99. The van der Waals surface area contributed by atoms with Crippen molar-refractivity contribution in [1.29, 1.82) is 0 Å². The zero-order valence-corrected chi connectivity index (χ0v) is 9.99. The lowest BCUT2D eigenvalue weighted by Crippen LogP contribution is -2.03. The third-order valence-corrected chi connectivity index (χ3v) is 3.03. The lowest BCUT2D eigenvalue weighted by Gasteiger charge is -1.97. The maximum atomic E-state index is 5.60. The number of nitrogens with zero attached hydrogens (tertiary/aromatic N) is 4. The number of tetrazole rings is 1. The Morgan fingerprint density at radius 2 is 2.25 bits per heavy atom. The number of nitrogens with one attached hydrogen (secondary N) is 1. The van der Waals surface area contributed by atoms with Gasteiger partial charge in [-0.2, -0.15) is 0 Å². The van der Waals surface area contributed by atoms with Gasteiger partial charge in [0, 0.05) is 7.05 Å². The molecule has 2 heterocycles. The normalized spacial score (nSPS) is 10.9. The molecule has 0 atom stereocenters. The summed E-state index contributed by atoms with van der Waals surface area (Å²) < 4.78 is 7.24. The average molecular weight is 239 g/mol. The van der Waals surface area contributed by atoms with E-state index in [2.05, 4.69) is 20.8 Å². The van der Waals surface area contributed by atoms with Crippen molar-refractivity contribution in [3.05, 3.63) is 23.7 Å². The summed E-state index contributed by atoms with van der Waals surface area (Å²) in [6.07, 6.45) is 0. The van der Waals surface area contributed by atoms with Crippen LogP contribution in [0.1, 0.15) is 11.5 Å². The van der Waals surface area contributed by atoms with E-state index in [1.165, 1.54) is 0 Å². The zero-order chi connectivity index (χ0) is 11.4. The van der Waals surface area contributed by atoms with Crippen molar-refractivity contribution in [3.63, 3.8) is 0 Å². The molecule has 6 nitrogen and oxygen atoms in total. The minimum absolute atomic E-state index is 0.734. The smallest absolute Gasteiger partial charge is 0.209 e. The van der Waals surface area contributed by atoms with Gasteiger partial charge in [0.25, 0.3) is 0 Å². The predicted octanol–water partition coefficient (Wildman–Crippen LogP) is 0.815. The van der Waals surface area contributed by atoms with Crippen molar-refractivity contribution in [2.75, 3.05) is 7.05 Å². The molecule has 0 saturated carbocycles. The summed E-state index contributed by atoms with van der Waals surface area (Å²) in [6.45, 7) is 0.746. The summed E-state index contributed by atoms with van der Waals surface area (Å²) in [7, 11) is 3.71. The fraction of sp³-hybridized carbons (Fsp3) is 0.444. The second kappa shape index (κ2) is 5.13. The van der Waals surface area contributed by atoms with Crippen LogP contribution in [0.15, 0.2) is 21.7 Å². The number of hydrogen-bond acceptors (Lipinski definition) is 6. The second-order valence-electron chi connectivity index (χ2n) is 3.27. The van der Waals surface area contributed by atoms with Crippen molar-refractivity contribution in [2.45, 2.75) is 17.5 Å². The first kappa shape index (κ1) is 11.2. The Morgan fingerprint density at radius 1 is 1.44 bits per heavy atom. The molecule has 0 aliphatic heterocycles. The standard InChI is InChI=1S/C9H13N5OS/c1-10-5-7-3-4-8(15-7)6-16-9-11-12-13-14(9)2/h3-4,10H,5-6H2,1-2H3. The monoisotopic (exact) mass is 239 g/mol. The Morgan fingerprint density at radius 3 is 2.94 bits per heavy atom. The van der Waals surface area contributed by atoms with E-state index in [0.29, 0.717) is 0 Å². The molecular formula is C9H13N5OS. The average Bonchev–Trinajstić information content (AvgIpc) is 2.86. The fourth-order valence-electron chi connectivity index (χ4n) is 1.25. The molecule has 0 radical (unpaired) electrons. The first-order chi connectivity index (χ1) is 7.79. The molecule has 16 heavy (non-hydrogen) atoms. The molecule has 0 fully saturated rings. The highest BCUT2D eigenvalue weighted by atomic mass is 32.2. The van der Waals surface area contributed by atoms with Crippen LogP contribution in [0.2, 0.25) is 0 Å². The lowest BCUT2D eigenvalue weighted by atomic mass is 10.4. The Kier molecular flexibility index (Phi) is 3.58. The summed E-state index contributed by atoms with van der Waals surface area (Å²) in [5.41, 5.74) is 0. The molecule has 1 N–H and O–H groups in total. The van der Waals surface area contributed by atoms with Gasteiger partial charge in [-0.25, -0.2) is 4.68 Å². The van der Waals surface area contributed by atoms with Crippen LogP contribution in [0.3, 0.4) is 0 Å². The summed E-state index contributed by atoms with van der Waals surface area (Å²) in [6, 6.07) is 3.95. The SMILES string of the molecule is CNCc1ccc(CSc2nnnn2C)o1. The van der Waals surface area contributed by atoms with Crippen LogP contribution in [0, 0.1) is 0 Å². The molecule has 0 bridgehead atoms. The molecule has 0 amide bonds. The maximum absolute atomic E-state index is 5.60. The van der Waals surface area contributed by atoms with E-state index in [-0.39, 0.29) is 0 Å². The van der Waals surface area contributed by atoms with E-state index in [9.17, 15) is 0 Å². The molecule has 7 heteroatoms. The van der Waals surface area contributed by atoms with E-state index < -0.39 is 0 Å². The van der Waals surface area contributed by atoms with Crippen LogP contribution >= 0.6 is 11.8 Å². The van der Waals surface area contributed by atoms with E-state index in [1.54, 1.807) is 16.4 Å². The van der Waals surface area contributed by atoms with Gasteiger partial charge in [-0.3, -0.25) is 0 Å². The summed E-state index contributed by atoms with van der Waals surface area (Å²) in [5, 5.41) is 15.0. The minimum atomic E-state index is 0.734. The van der Waals surface area contributed by atoms with Crippen molar-refractivity contribution in [2.24, 2.45) is 7.05 Å². The summed E-state index contributed by atoms with van der Waals surface area (Å²) >= 11 is 1.55. The molecule has 86 valence electrons. The van der Waals surface area contributed by atoms with Crippen LogP contribution in [0.25, 0.3) is 0 Å². The molecule has 2 aromatic heterocycles. The maximum Gasteiger partial charge on any atom is 0.209 e. The number of thioether (sulfide) groups is 1. The Bertz CT molecular complexity index is 452. The van der Waals surface area contributed by atoms with Crippen LogP contribution < -0.4 is 5.32 Å². The predicted molar refractivity (Wildman–Crippen MR) is 59.8 cm³/mol. The topological polar surface area (TPSA) is 68.8 Å². The van der Waals surface area contributed by atoms with E-state index in [0.717, 1.165) is 29.0 Å². The summed E-state index contributed by atoms with van der Waals surface area (Å²) in [5.74, 6) is 2.60. The van der Waals surface area contributed by atoms with Gasteiger partial charge in [0.1, 0.15) is 11.5 Å². The van der Waals surface area contributed by atoms with Crippen LogP contribution in [-0.4, -0.2) is 27.3 Å². The lowest BCUT2D eigenvalue weighted by molar-refractivity contribution is 0.468. The zero-order valence-electron chi connectivity index (χ0n) is 9.17. The highest BCUT2D eigenvalue weighted by Gasteiger charge is 2.06. The molecule has 0 aliphatic rings. The van der Waals surface area contributed by atoms with Crippen LogP contribution in [0.5, 0.6) is 0 Å². The molecule has 2 rings (SSSR count). The van der Waals surface area contributed by atoms with Gasteiger partial charge in [-0.15, -0.1) is 5.10 Å². The quantitative estimate of drug-likeness (QED) is 0.779. The number of aryl methyl sites for hydroxylation is 1. The third-order valence-electron chi connectivity index (χ3n) is 1.99. The number of furan rings is 1. The van der Waals surface area contributed by atoms with E-state index in [4.69, 9.17) is 4.42 Å². The summed E-state index contributed by atoms with van der Waals surface area (Å²) in [4.78, 5) is 0. The van der Waals surface area contributed by atoms with Crippen molar-refractivity contribution in [3.8, 4) is 0 Å². The van der Waals surface area contributed by atoms with Crippen molar-refractivity contribution >= 4 is 11.8 Å². The molecule has 0 aromatic carbocycles. The van der Waals surface area contributed by atoms with Crippen LogP contribution in [0.4, 0.5) is 0 Å². The first-order valence-corrected chi connectivity index (χ1v) is 5.85. The number of hydrogen-bond donors (Lipinski definition) is 1. The molecule has 0 aliphatic carbocycles. The van der Waals surface area contributed by atoms with Gasteiger partial charge in [0.2, 0.25) is 5.16 Å². The molecule has 0 saturated heterocycles. The van der Waals surface area contributed by atoms with Crippen molar-refractivity contribution in [1.82, 2.24) is 25.5 Å². The highest BCUT2D eigenvalue weighted by Crippen LogP contribution is 2.20. The Hall–Kier alpha value is -1.34. The molecular weight excluding hydrogens is 226 g/mol. The largest absolute Gasteiger partial charge is 0.464 e. The van der Waals surface area contributed by atoms with Gasteiger partial charge in [0.15, 0.2) is 0 Å². The number of aromatic nitrogens is 4. The van der Waals surface area contributed by atoms with E-state index >= 15 is 0 Å². The van der Waals surface area contributed by atoms with Gasteiger partial charge < -0.3 is 9.73 Å². The first-order valence-electron chi connectivity index (χ1n) is 4.87. The van der Waals surface area contributed by atoms with E-state index in [1.807, 2.05) is 26.2 Å². The second-order valence-corrected chi connectivity index (χ2v) is 4.21. The van der Waals surface area contributed by atoms with Crippen molar-refractivity contribution < 1.29 is 4.42 Å². The van der Waals surface area contributed by atoms with Gasteiger partial charge in [0.05, 0.1) is 12.3 Å². The molecule has 0 spiro atoms. The Balaban J connectivity index is 1.92. The Labute approximate surface area is 97.4 Å². The highest BCUT2D eigenvalue weighted by molar-refractivity contribution is 7.98. The number of rotatable bonds is 5. The van der Waals surface area contributed by atoms with Gasteiger partial charge in [-0.1, -0.05) is 11.8 Å². The van der Waals surface area contributed by atoms with Gasteiger partial charge >= 0.3 is 0 Å². The molecule has 0 unspecified atom stereocenters. The van der Waals surface area contributed by atoms with Gasteiger partial charge in [-0.05, 0) is 29.6 Å². The molecule has 2 aromatic rings.